The first-order chi connectivity index (χ1) is 11.2. The van der Waals surface area contributed by atoms with Crippen LogP contribution < -0.4 is 10.0 Å². The lowest BCUT2D eigenvalue weighted by atomic mass is 10.2. The fourth-order valence-corrected chi connectivity index (χ4v) is 3.59. The first-order valence-electron chi connectivity index (χ1n) is 7.35. The molecule has 0 heterocycles. The summed E-state index contributed by atoms with van der Waals surface area (Å²) in [5.74, 6) is -1.20. The zero-order chi connectivity index (χ0) is 18.3. The van der Waals surface area contributed by atoms with Crippen molar-refractivity contribution in [3.8, 4) is 0 Å². The molecule has 0 saturated carbocycles. The second kappa shape index (κ2) is 8.97. The molecule has 0 unspecified atom stereocenters. The van der Waals surface area contributed by atoms with E-state index < -0.39 is 22.0 Å². The van der Waals surface area contributed by atoms with Crippen LogP contribution in [0.2, 0.25) is 0 Å². The van der Waals surface area contributed by atoms with E-state index in [0.717, 1.165) is 6.07 Å². The number of sulfonamides is 1. The highest BCUT2D eigenvalue weighted by Crippen LogP contribution is 2.24. The van der Waals surface area contributed by atoms with Gasteiger partial charge in [-0.2, -0.15) is 0 Å². The zero-order valence-electron chi connectivity index (χ0n) is 14.2. The number of carboxylic acids is 1. The Bertz CT molecular complexity index is 662. The average molecular weight is 360 g/mol. The molecule has 9 heteroatoms. The molecule has 0 aromatic heterocycles. The summed E-state index contributed by atoms with van der Waals surface area (Å²) in [4.78, 5) is 11.0. The van der Waals surface area contributed by atoms with Crippen molar-refractivity contribution < 1.29 is 27.8 Å². The maximum atomic E-state index is 12.6. The molecule has 0 saturated heterocycles. The molecule has 0 radical (unpaired) electrons. The Morgan fingerprint density at radius 2 is 1.75 bits per heavy atom. The lowest BCUT2D eigenvalue weighted by Crippen LogP contribution is -2.36. The van der Waals surface area contributed by atoms with Crippen molar-refractivity contribution in [2.24, 2.45) is 0 Å². The largest absolute Gasteiger partial charge is 0.478 e. The van der Waals surface area contributed by atoms with Gasteiger partial charge in [0.1, 0.15) is 4.90 Å². The predicted octanol–water partition coefficient (Wildman–Crippen LogP) is 1.14. The molecule has 1 aromatic rings. The van der Waals surface area contributed by atoms with Gasteiger partial charge in [0.15, 0.2) is 0 Å². The van der Waals surface area contributed by atoms with Gasteiger partial charge in [-0.25, -0.2) is 17.9 Å². The summed E-state index contributed by atoms with van der Waals surface area (Å²) in [6.07, 6.45) is 0. The highest BCUT2D eigenvalue weighted by Gasteiger charge is 2.23. The Kier molecular flexibility index (Phi) is 7.61. The van der Waals surface area contributed by atoms with E-state index in [-0.39, 0.29) is 23.1 Å². The Morgan fingerprint density at radius 1 is 1.17 bits per heavy atom. The Labute approximate surface area is 142 Å². The van der Waals surface area contributed by atoms with E-state index in [9.17, 15) is 13.2 Å². The van der Waals surface area contributed by atoms with Crippen LogP contribution in [0.25, 0.3) is 0 Å². The van der Waals surface area contributed by atoms with Crippen LogP contribution in [0.3, 0.4) is 0 Å². The quantitative estimate of drug-likeness (QED) is 0.573. The second-order valence-corrected chi connectivity index (χ2v) is 7.18. The maximum Gasteiger partial charge on any atom is 0.335 e. The standard InChI is InChI=1S/C15H24N2O6S/c1-10(8-22-3)16-13-6-5-12(15(18)19)7-14(13)24(20,21)17-11(2)9-23-4/h5-7,10-11,16-17H,8-9H2,1-4H3,(H,18,19)/t10-,11+/m0/s1. The number of carbonyl (C=O) groups is 1. The van der Waals surface area contributed by atoms with Gasteiger partial charge in [0.05, 0.1) is 24.5 Å². The molecule has 0 aliphatic carbocycles. The minimum atomic E-state index is -3.93. The van der Waals surface area contributed by atoms with E-state index in [0.29, 0.717) is 12.3 Å². The van der Waals surface area contributed by atoms with Crippen LogP contribution in [0.4, 0.5) is 5.69 Å². The second-order valence-electron chi connectivity index (χ2n) is 5.49. The van der Waals surface area contributed by atoms with Crippen LogP contribution >= 0.6 is 0 Å². The number of hydrogen-bond donors (Lipinski definition) is 3. The van der Waals surface area contributed by atoms with Crippen molar-refractivity contribution in [2.45, 2.75) is 30.8 Å². The molecule has 24 heavy (non-hydrogen) atoms. The number of rotatable bonds is 10. The normalized spacial score (nSPS) is 14.2. The summed E-state index contributed by atoms with van der Waals surface area (Å²) in [5.41, 5.74) is 0.196. The summed E-state index contributed by atoms with van der Waals surface area (Å²) in [7, 11) is -0.919. The topological polar surface area (TPSA) is 114 Å². The van der Waals surface area contributed by atoms with E-state index in [2.05, 4.69) is 10.0 Å². The molecule has 0 aliphatic rings. The highest BCUT2D eigenvalue weighted by molar-refractivity contribution is 7.89. The van der Waals surface area contributed by atoms with Gasteiger partial charge in [0, 0.05) is 26.3 Å². The molecular weight excluding hydrogens is 336 g/mol. The van der Waals surface area contributed by atoms with Gasteiger partial charge in [-0.3, -0.25) is 0 Å². The Balaban J connectivity index is 3.24. The molecule has 3 N–H and O–H groups in total. The van der Waals surface area contributed by atoms with Gasteiger partial charge in [-0.05, 0) is 32.0 Å². The number of nitrogens with one attached hydrogen (secondary N) is 2. The molecule has 136 valence electrons. The van der Waals surface area contributed by atoms with Crippen molar-refractivity contribution in [3.05, 3.63) is 23.8 Å². The van der Waals surface area contributed by atoms with Crippen LogP contribution in [0, 0.1) is 0 Å². The monoisotopic (exact) mass is 360 g/mol. The Hall–Kier alpha value is -1.68. The van der Waals surface area contributed by atoms with Crippen molar-refractivity contribution in [3.63, 3.8) is 0 Å². The highest BCUT2D eigenvalue weighted by atomic mass is 32.2. The van der Waals surface area contributed by atoms with Crippen LogP contribution in [0.5, 0.6) is 0 Å². The molecule has 0 fully saturated rings. The Morgan fingerprint density at radius 3 is 2.29 bits per heavy atom. The van der Waals surface area contributed by atoms with Gasteiger partial charge in [-0.15, -0.1) is 0 Å². The van der Waals surface area contributed by atoms with E-state index in [1.165, 1.54) is 26.4 Å². The zero-order valence-corrected chi connectivity index (χ0v) is 15.0. The number of aromatic carboxylic acids is 1. The first-order valence-corrected chi connectivity index (χ1v) is 8.83. The number of anilines is 1. The van der Waals surface area contributed by atoms with Crippen molar-refractivity contribution in [1.82, 2.24) is 4.72 Å². The molecule has 0 aliphatic heterocycles. The average Bonchev–Trinajstić information content (AvgIpc) is 2.47. The number of carboxylic acid groups (broad SMARTS) is 1. The molecule has 2 atom stereocenters. The SMILES string of the molecule is COC[C@@H](C)NS(=O)(=O)c1cc(C(=O)O)ccc1N[C@@H](C)COC. The molecular formula is C15H24N2O6S. The number of hydrogen-bond acceptors (Lipinski definition) is 6. The molecule has 0 amide bonds. The molecule has 0 spiro atoms. The molecule has 1 rings (SSSR count). The maximum absolute atomic E-state index is 12.6. The van der Waals surface area contributed by atoms with Crippen molar-refractivity contribution in [1.29, 1.82) is 0 Å². The van der Waals surface area contributed by atoms with Crippen LogP contribution in [-0.4, -0.2) is 59.0 Å². The predicted molar refractivity (Wildman–Crippen MR) is 90.0 cm³/mol. The van der Waals surface area contributed by atoms with Crippen LogP contribution in [0.1, 0.15) is 24.2 Å². The summed E-state index contributed by atoms with van der Waals surface area (Å²) >= 11 is 0. The molecule has 1 aromatic carbocycles. The minimum Gasteiger partial charge on any atom is -0.478 e. The number of ether oxygens (including phenoxy) is 2. The van der Waals surface area contributed by atoms with E-state index in [1.807, 2.05) is 6.92 Å². The van der Waals surface area contributed by atoms with E-state index in [1.54, 1.807) is 6.92 Å². The van der Waals surface area contributed by atoms with Crippen LogP contribution in [0.15, 0.2) is 23.1 Å². The third-order valence-corrected chi connectivity index (χ3v) is 4.74. The fraction of sp³-hybridized carbons (Fsp3) is 0.533. The third-order valence-electron chi connectivity index (χ3n) is 3.11. The molecule has 0 bridgehead atoms. The van der Waals surface area contributed by atoms with Gasteiger partial charge in [-0.1, -0.05) is 0 Å². The first kappa shape index (κ1) is 20.4. The van der Waals surface area contributed by atoms with Gasteiger partial charge < -0.3 is 19.9 Å². The van der Waals surface area contributed by atoms with E-state index in [4.69, 9.17) is 14.6 Å². The van der Waals surface area contributed by atoms with Gasteiger partial charge in [0.25, 0.3) is 0 Å². The van der Waals surface area contributed by atoms with Crippen LogP contribution in [-0.2, 0) is 19.5 Å². The summed E-state index contributed by atoms with van der Waals surface area (Å²) < 4.78 is 37.7. The van der Waals surface area contributed by atoms with Gasteiger partial charge in [0.2, 0.25) is 10.0 Å². The lowest BCUT2D eigenvalue weighted by molar-refractivity contribution is 0.0696. The van der Waals surface area contributed by atoms with E-state index >= 15 is 0 Å². The molecule has 8 nitrogen and oxygen atoms in total. The van der Waals surface area contributed by atoms with Gasteiger partial charge >= 0.3 is 5.97 Å². The van der Waals surface area contributed by atoms with Crippen molar-refractivity contribution in [2.75, 3.05) is 32.8 Å². The fourth-order valence-electron chi connectivity index (χ4n) is 2.17. The minimum absolute atomic E-state index is 0.111. The summed E-state index contributed by atoms with van der Waals surface area (Å²) in [5, 5.41) is 12.1. The summed E-state index contributed by atoms with van der Waals surface area (Å²) in [6, 6.07) is 3.30. The smallest absolute Gasteiger partial charge is 0.335 e. The lowest BCUT2D eigenvalue weighted by Gasteiger charge is -2.20. The number of methoxy groups -OCH3 is 2. The summed E-state index contributed by atoms with van der Waals surface area (Å²) in [6.45, 7) is 4.04. The van der Waals surface area contributed by atoms with Crippen molar-refractivity contribution >= 4 is 21.7 Å². The number of benzene rings is 1. The third kappa shape index (κ3) is 5.75.